The zero-order valence-corrected chi connectivity index (χ0v) is 13.1. The van der Waals surface area contributed by atoms with Gasteiger partial charge in [-0.2, -0.15) is 0 Å². The molecule has 1 atom stereocenters. The molecule has 0 amide bonds. The first-order valence-electron chi connectivity index (χ1n) is 7.44. The van der Waals surface area contributed by atoms with Crippen LogP contribution in [0.15, 0.2) is 54.6 Å². The molecule has 0 saturated heterocycles. The van der Waals surface area contributed by atoms with E-state index in [4.69, 9.17) is 4.74 Å². The van der Waals surface area contributed by atoms with Crippen molar-refractivity contribution in [3.05, 3.63) is 75.8 Å². The number of esters is 1. The molecule has 5 nitrogen and oxygen atoms in total. The highest BCUT2D eigenvalue weighted by atomic mass is 16.6. The van der Waals surface area contributed by atoms with E-state index in [-0.39, 0.29) is 24.2 Å². The topological polar surface area (TPSA) is 69.4 Å². The first kappa shape index (κ1) is 16.7. The molecule has 0 bridgehead atoms. The highest BCUT2D eigenvalue weighted by Crippen LogP contribution is 2.28. The molecule has 0 radical (unpaired) electrons. The second-order valence-electron chi connectivity index (χ2n) is 5.66. The molecule has 0 N–H and O–H groups in total. The average Bonchev–Trinajstić information content (AvgIpc) is 2.54. The molecule has 0 spiro atoms. The maximum Gasteiger partial charge on any atom is 0.314 e. The van der Waals surface area contributed by atoms with Crippen molar-refractivity contribution in [3.63, 3.8) is 0 Å². The SMILES string of the molecule is CC(C)C(C(=O)OCc1ccccc1)c1ccc([N+](=O)[O-])cc1. The first-order chi connectivity index (χ1) is 11.0. The summed E-state index contributed by atoms with van der Waals surface area (Å²) in [7, 11) is 0. The minimum atomic E-state index is -0.456. The molecule has 0 aliphatic rings. The zero-order valence-electron chi connectivity index (χ0n) is 13.1. The highest BCUT2D eigenvalue weighted by molar-refractivity contribution is 5.78. The van der Waals surface area contributed by atoms with Crippen LogP contribution in [0.25, 0.3) is 0 Å². The fourth-order valence-corrected chi connectivity index (χ4v) is 2.42. The van der Waals surface area contributed by atoms with Crippen molar-refractivity contribution in [2.24, 2.45) is 5.92 Å². The second-order valence-corrected chi connectivity index (χ2v) is 5.66. The normalized spacial score (nSPS) is 12.0. The number of hydrogen-bond donors (Lipinski definition) is 0. The summed E-state index contributed by atoms with van der Waals surface area (Å²) in [5.41, 5.74) is 1.66. The van der Waals surface area contributed by atoms with Crippen molar-refractivity contribution in [2.45, 2.75) is 26.4 Å². The minimum Gasteiger partial charge on any atom is -0.460 e. The summed E-state index contributed by atoms with van der Waals surface area (Å²) in [5.74, 6) is -0.739. The van der Waals surface area contributed by atoms with Crippen LogP contribution in [0.4, 0.5) is 5.69 Å². The zero-order chi connectivity index (χ0) is 16.8. The molecule has 2 aromatic rings. The lowest BCUT2D eigenvalue weighted by molar-refractivity contribution is -0.384. The number of nitro groups is 1. The third-order valence-electron chi connectivity index (χ3n) is 3.61. The Hall–Kier alpha value is -2.69. The van der Waals surface area contributed by atoms with Gasteiger partial charge in [-0.1, -0.05) is 56.3 Å². The van der Waals surface area contributed by atoms with Gasteiger partial charge in [-0.05, 0) is 17.0 Å². The number of carbonyl (C=O) groups is 1. The van der Waals surface area contributed by atoms with Crippen LogP contribution in [0.3, 0.4) is 0 Å². The van der Waals surface area contributed by atoms with E-state index in [2.05, 4.69) is 0 Å². The van der Waals surface area contributed by atoms with Crippen LogP contribution in [0.2, 0.25) is 0 Å². The molecule has 5 heteroatoms. The predicted octanol–water partition coefficient (Wildman–Crippen LogP) is 4.08. The molecular weight excluding hydrogens is 294 g/mol. The van der Waals surface area contributed by atoms with Gasteiger partial charge in [-0.3, -0.25) is 14.9 Å². The Morgan fingerprint density at radius 2 is 1.70 bits per heavy atom. The van der Waals surface area contributed by atoms with Crippen LogP contribution >= 0.6 is 0 Å². The van der Waals surface area contributed by atoms with Crippen molar-refractivity contribution in [2.75, 3.05) is 0 Å². The second kappa shape index (κ2) is 7.54. The summed E-state index contributed by atoms with van der Waals surface area (Å²) in [6.45, 7) is 4.07. The quantitative estimate of drug-likeness (QED) is 0.458. The lowest BCUT2D eigenvalue weighted by atomic mass is 9.88. The van der Waals surface area contributed by atoms with Gasteiger partial charge in [0, 0.05) is 12.1 Å². The number of rotatable bonds is 6. The Morgan fingerprint density at radius 3 is 2.22 bits per heavy atom. The summed E-state index contributed by atoms with van der Waals surface area (Å²) >= 11 is 0. The van der Waals surface area contributed by atoms with Crippen molar-refractivity contribution >= 4 is 11.7 Å². The summed E-state index contributed by atoms with van der Waals surface area (Å²) in [6, 6.07) is 15.5. The molecule has 120 valence electrons. The lowest BCUT2D eigenvalue weighted by Gasteiger charge is -2.19. The standard InChI is InChI=1S/C18H19NO4/c1-13(2)17(15-8-10-16(11-9-15)19(21)22)18(20)23-12-14-6-4-3-5-7-14/h3-11,13,17H,12H2,1-2H3. The largest absolute Gasteiger partial charge is 0.460 e. The van der Waals surface area contributed by atoms with Crippen LogP contribution < -0.4 is 0 Å². The molecule has 23 heavy (non-hydrogen) atoms. The fourth-order valence-electron chi connectivity index (χ4n) is 2.42. The molecule has 2 rings (SSSR count). The molecule has 0 saturated carbocycles. The van der Waals surface area contributed by atoms with Crippen LogP contribution in [0.5, 0.6) is 0 Å². The van der Waals surface area contributed by atoms with Crippen molar-refractivity contribution in [1.29, 1.82) is 0 Å². The average molecular weight is 313 g/mol. The Balaban J connectivity index is 2.11. The summed E-state index contributed by atoms with van der Waals surface area (Å²) in [6.07, 6.45) is 0. The van der Waals surface area contributed by atoms with Gasteiger partial charge in [0.1, 0.15) is 6.61 Å². The summed E-state index contributed by atoms with van der Waals surface area (Å²) in [5, 5.41) is 10.7. The van der Waals surface area contributed by atoms with Crippen LogP contribution in [0.1, 0.15) is 30.9 Å². The fraction of sp³-hybridized carbons (Fsp3) is 0.278. The number of non-ortho nitro benzene ring substituents is 1. The van der Waals surface area contributed by atoms with E-state index < -0.39 is 10.8 Å². The third kappa shape index (κ3) is 4.39. The molecule has 0 aliphatic carbocycles. The van der Waals surface area contributed by atoms with E-state index in [9.17, 15) is 14.9 Å². The van der Waals surface area contributed by atoms with Crippen molar-refractivity contribution in [3.8, 4) is 0 Å². The Labute approximate surface area is 135 Å². The van der Waals surface area contributed by atoms with Crippen molar-refractivity contribution in [1.82, 2.24) is 0 Å². The smallest absolute Gasteiger partial charge is 0.314 e. The summed E-state index contributed by atoms with van der Waals surface area (Å²) < 4.78 is 5.41. The molecular formula is C18H19NO4. The monoisotopic (exact) mass is 313 g/mol. The van der Waals surface area contributed by atoms with Gasteiger partial charge in [0.15, 0.2) is 0 Å². The van der Waals surface area contributed by atoms with E-state index in [1.165, 1.54) is 12.1 Å². The molecule has 0 aromatic heterocycles. The molecule has 0 aliphatic heterocycles. The maximum atomic E-state index is 12.4. The predicted molar refractivity (Wildman–Crippen MR) is 86.9 cm³/mol. The Kier molecular flexibility index (Phi) is 5.46. The minimum absolute atomic E-state index is 0.00825. The maximum absolute atomic E-state index is 12.4. The number of nitrogens with zero attached hydrogens (tertiary/aromatic N) is 1. The molecule has 2 aromatic carbocycles. The van der Waals surface area contributed by atoms with Gasteiger partial charge >= 0.3 is 5.97 Å². The van der Waals surface area contributed by atoms with Crippen molar-refractivity contribution < 1.29 is 14.5 Å². The lowest BCUT2D eigenvalue weighted by Crippen LogP contribution is -2.20. The van der Waals surface area contributed by atoms with E-state index >= 15 is 0 Å². The Bertz CT molecular complexity index is 665. The van der Waals surface area contributed by atoms with E-state index in [1.54, 1.807) is 12.1 Å². The van der Waals surface area contributed by atoms with E-state index in [0.29, 0.717) is 0 Å². The van der Waals surface area contributed by atoms with E-state index in [0.717, 1.165) is 11.1 Å². The number of ether oxygens (including phenoxy) is 1. The van der Waals surface area contributed by atoms with Gasteiger partial charge in [-0.15, -0.1) is 0 Å². The molecule has 0 heterocycles. The van der Waals surface area contributed by atoms with Crippen LogP contribution in [0, 0.1) is 16.0 Å². The molecule has 1 unspecified atom stereocenters. The van der Waals surface area contributed by atoms with Crippen LogP contribution in [-0.4, -0.2) is 10.9 Å². The van der Waals surface area contributed by atoms with Gasteiger partial charge in [0.25, 0.3) is 5.69 Å². The molecule has 0 fully saturated rings. The number of benzene rings is 2. The van der Waals surface area contributed by atoms with Gasteiger partial charge in [0.05, 0.1) is 10.8 Å². The summed E-state index contributed by atoms with van der Waals surface area (Å²) in [4.78, 5) is 22.7. The van der Waals surface area contributed by atoms with Gasteiger partial charge in [0.2, 0.25) is 0 Å². The van der Waals surface area contributed by atoms with Gasteiger partial charge in [-0.25, -0.2) is 0 Å². The first-order valence-corrected chi connectivity index (χ1v) is 7.44. The Morgan fingerprint density at radius 1 is 1.09 bits per heavy atom. The van der Waals surface area contributed by atoms with E-state index in [1.807, 2.05) is 44.2 Å². The number of hydrogen-bond acceptors (Lipinski definition) is 4. The third-order valence-corrected chi connectivity index (χ3v) is 3.61. The number of nitro benzene ring substituents is 1. The van der Waals surface area contributed by atoms with Crippen LogP contribution in [-0.2, 0) is 16.1 Å². The highest BCUT2D eigenvalue weighted by Gasteiger charge is 2.26. The van der Waals surface area contributed by atoms with Gasteiger partial charge < -0.3 is 4.74 Å². The number of carbonyl (C=O) groups excluding carboxylic acids is 1.